The van der Waals surface area contributed by atoms with Crippen LogP contribution in [-0.4, -0.2) is 11.9 Å². The molecule has 32 heavy (non-hydrogen) atoms. The summed E-state index contributed by atoms with van der Waals surface area (Å²) in [6.07, 6.45) is 1.70. The number of ether oxygens (including phenoxy) is 2. The summed E-state index contributed by atoms with van der Waals surface area (Å²) < 4.78 is 27.6. The number of aryl methyl sites for hydroxylation is 1. The molecule has 0 fully saturated rings. The van der Waals surface area contributed by atoms with Gasteiger partial charge in [0.2, 0.25) is 5.90 Å². The van der Waals surface area contributed by atoms with E-state index < -0.39 is 5.97 Å². The van der Waals surface area contributed by atoms with Gasteiger partial charge in [0, 0.05) is 9.13 Å². The van der Waals surface area contributed by atoms with Gasteiger partial charge in [-0.25, -0.2) is 14.2 Å². The molecule has 0 aromatic heterocycles. The maximum atomic E-state index is 13.4. The minimum absolute atomic E-state index is 0.247. The van der Waals surface area contributed by atoms with Crippen LogP contribution in [0, 0.1) is 23.5 Å². The molecule has 0 atom stereocenters. The Kier molecular flexibility index (Phi) is 7.50. The third kappa shape index (κ3) is 5.50. The van der Waals surface area contributed by atoms with Crippen LogP contribution in [0.15, 0.2) is 65.3 Å². The molecule has 1 aliphatic heterocycles. The van der Waals surface area contributed by atoms with Crippen LogP contribution in [0.5, 0.6) is 5.75 Å². The molecule has 0 saturated carbocycles. The first-order valence-electron chi connectivity index (χ1n) is 9.45. The lowest BCUT2D eigenvalue weighted by atomic mass is 10.1. The van der Waals surface area contributed by atoms with Gasteiger partial charge >= 0.3 is 5.97 Å². The molecule has 162 valence electrons. The number of hydrogen-bond donors (Lipinski definition) is 0. The third-order valence-corrected chi connectivity index (χ3v) is 7.43. The number of benzene rings is 3. The summed E-state index contributed by atoms with van der Waals surface area (Å²) in [6, 6.07) is 16.0. The van der Waals surface area contributed by atoms with Crippen LogP contribution in [0.25, 0.3) is 6.08 Å². The second-order valence-corrected chi connectivity index (χ2v) is 10.5. The molecule has 0 bridgehead atoms. The zero-order valence-corrected chi connectivity index (χ0v) is 23.1. The molecule has 0 amide bonds. The number of nitrogens with zero attached hydrogens (tertiary/aromatic N) is 1. The molecule has 4 nitrogen and oxygen atoms in total. The average Bonchev–Trinajstić information content (AvgIpc) is 3.10. The van der Waals surface area contributed by atoms with Gasteiger partial charge < -0.3 is 9.47 Å². The second kappa shape index (κ2) is 10.2. The molecule has 1 heterocycles. The van der Waals surface area contributed by atoms with E-state index >= 15 is 0 Å². The number of cyclic esters (lactones) is 1. The van der Waals surface area contributed by atoms with Crippen LogP contribution in [0.2, 0.25) is 0 Å². The van der Waals surface area contributed by atoms with Crippen molar-refractivity contribution in [3.8, 4) is 5.75 Å². The van der Waals surface area contributed by atoms with Crippen LogP contribution < -0.4 is 4.74 Å². The maximum Gasteiger partial charge on any atom is 0.363 e. The molecule has 0 radical (unpaired) electrons. The lowest BCUT2D eigenvalue weighted by Gasteiger charge is -2.11. The van der Waals surface area contributed by atoms with Gasteiger partial charge in [-0.15, -0.1) is 0 Å². The summed E-state index contributed by atoms with van der Waals surface area (Å²) in [4.78, 5) is 16.8. The fraction of sp³-hybridized carbons (Fsp3) is 0.0833. The number of carbonyl (C=O) groups is 1. The molecule has 0 unspecified atom stereocenters. The fourth-order valence-electron chi connectivity index (χ4n) is 3.05. The van der Waals surface area contributed by atoms with Crippen LogP contribution in [0.3, 0.4) is 0 Å². The predicted octanol–water partition coefficient (Wildman–Crippen LogP) is 6.87. The molecule has 3 aromatic rings. The number of rotatable bonds is 5. The Balaban J connectivity index is 1.56. The molecule has 4 rings (SSSR count). The van der Waals surface area contributed by atoms with E-state index in [1.165, 1.54) is 12.1 Å². The van der Waals surface area contributed by atoms with Gasteiger partial charge in [-0.1, -0.05) is 12.1 Å². The average molecular weight is 765 g/mol. The normalized spacial score (nSPS) is 14.5. The minimum Gasteiger partial charge on any atom is -0.487 e. The van der Waals surface area contributed by atoms with E-state index in [-0.39, 0.29) is 18.1 Å². The van der Waals surface area contributed by atoms with Crippen molar-refractivity contribution in [3.63, 3.8) is 0 Å². The molecule has 1 aliphatic rings. The van der Waals surface area contributed by atoms with Crippen molar-refractivity contribution < 1.29 is 18.7 Å². The van der Waals surface area contributed by atoms with Crippen molar-refractivity contribution in [2.75, 3.05) is 0 Å². The van der Waals surface area contributed by atoms with Crippen LogP contribution in [0.1, 0.15) is 22.3 Å². The Morgan fingerprint density at radius 2 is 1.78 bits per heavy atom. The summed E-state index contributed by atoms with van der Waals surface area (Å²) >= 11 is 6.63. The molecule has 0 saturated heterocycles. The molecule has 3 aromatic carbocycles. The lowest BCUT2D eigenvalue weighted by molar-refractivity contribution is -0.129. The summed E-state index contributed by atoms with van der Waals surface area (Å²) in [5.74, 6) is 0.249. The van der Waals surface area contributed by atoms with Crippen molar-refractivity contribution in [1.82, 2.24) is 0 Å². The molecule has 8 heteroatoms. The number of hydrogen-bond acceptors (Lipinski definition) is 4. The molecule has 0 N–H and O–H groups in total. The maximum absolute atomic E-state index is 13.4. The lowest BCUT2D eigenvalue weighted by Crippen LogP contribution is -2.05. The first kappa shape index (κ1) is 23.6. The van der Waals surface area contributed by atoms with Crippen molar-refractivity contribution in [2.24, 2.45) is 4.99 Å². The molecular weight excluding hydrogens is 750 g/mol. The van der Waals surface area contributed by atoms with Gasteiger partial charge in [-0.05, 0) is 140 Å². The van der Waals surface area contributed by atoms with E-state index in [1.54, 1.807) is 12.1 Å². The topological polar surface area (TPSA) is 47.9 Å². The Morgan fingerprint density at radius 1 is 1.03 bits per heavy atom. The van der Waals surface area contributed by atoms with E-state index in [1.807, 2.05) is 43.3 Å². The summed E-state index contributed by atoms with van der Waals surface area (Å²) in [6.45, 7) is 2.26. The first-order valence-corrected chi connectivity index (χ1v) is 12.7. The van der Waals surface area contributed by atoms with E-state index in [0.717, 1.165) is 33.0 Å². The highest BCUT2D eigenvalue weighted by atomic mass is 127. The van der Waals surface area contributed by atoms with Crippen LogP contribution >= 0.6 is 67.8 Å². The van der Waals surface area contributed by atoms with Gasteiger partial charge in [-0.3, -0.25) is 0 Å². The monoisotopic (exact) mass is 765 g/mol. The summed E-state index contributed by atoms with van der Waals surface area (Å²) in [7, 11) is 0. The largest absolute Gasteiger partial charge is 0.487 e. The van der Waals surface area contributed by atoms with E-state index in [4.69, 9.17) is 9.47 Å². The zero-order valence-electron chi connectivity index (χ0n) is 16.7. The van der Waals surface area contributed by atoms with Crippen molar-refractivity contribution in [1.29, 1.82) is 0 Å². The van der Waals surface area contributed by atoms with E-state index in [2.05, 4.69) is 72.8 Å². The Morgan fingerprint density at radius 3 is 2.47 bits per heavy atom. The fourth-order valence-corrected chi connectivity index (χ4v) is 5.51. The van der Waals surface area contributed by atoms with Gasteiger partial charge in [0.15, 0.2) is 5.70 Å². The third-order valence-electron chi connectivity index (χ3n) is 4.62. The zero-order chi connectivity index (χ0) is 22.8. The number of esters is 1. The summed E-state index contributed by atoms with van der Waals surface area (Å²) in [5, 5.41) is 0. The van der Waals surface area contributed by atoms with Gasteiger partial charge in [-0.2, -0.15) is 0 Å². The SMILES string of the molecule is Cc1cc(C2=N/C(=C\c3cc(I)c(OCc4cccc(F)c4)c(I)c3)C(=O)O2)ccc1I. The first-order chi connectivity index (χ1) is 15.3. The Labute approximate surface area is 225 Å². The van der Waals surface area contributed by atoms with Gasteiger partial charge in [0.25, 0.3) is 0 Å². The van der Waals surface area contributed by atoms with Crippen molar-refractivity contribution in [2.45, 2.75) is 13.5 Å². The minimum atomic E-state index is -0.479. The smallest absolute Gasteiger partial charge is 0.363 e. The molecule has 0 spiro atoms. The summed E-state index contributed by atoms with van der Waals surface area (Å²) in [5.41, 5.74) is 3.68. The van der Waals surface area contributed by atoms with Crippen LogP contribution in [-0.2, 0) is 16.1 Å². The van der Waals surface area contributed by atoms with E-state index in [9.17, 15) is 9.18 Å². The van der Waals surface area contributed by atoms with Gasteiger partial charge in [0.1, 0.15) is 18.2 Å². The van der Waals surface area contributed by atoms with E-state index in [0.29, 0.717) is 11.6 Å². The Hall–Kier alpha value is -1.54. The second-order valence-electron chi connectivity index (χ2n) is 7.03. The highest BCUT2D eigenvalue weighted by Crippen LogP contribution is 2.31. The predicted molar refractivity (Wildman–Crippen MR) is 147 cm³/mol. The quantitative estimate of drug-likeness (QED) is 0.162. The number of carbonyl (C=O) groups excluding carboxylic acids is 1. The standard InChI is InChI=1S/C24H15FI3NO3/c1-13-7-16(5-6-18(13)26)23-29-21(24(30)32-23)11-15-9-19(27)22(20(28)10-15)31-12-14-3-2-4-17(25)8-14/h2-11H,12H2,1H3/b21-11-. The van der Waals surface area contributed by atoms with Crippen molar-refractivity contribution >= 4 is 85.7 Å². The van der Waals surface area contributed by atoms with Crippen LogP contribution in [0.4, 0.5) is 4.39 Å². The highest BCUT2D eigenvalue weighted by molar-refractivity contribution is 14.1. The number of halogens is 4. The molecular formula is C24H15FI3NO3. The highest BCUT2D eigenvalue weighted by Gasteiger charge is 2.24. The molecule has 0 aliphatic carbocycles. The number of aliphatic imine (C=N–C) groups is 1. The van der Waals surface area contributed by atoms with Gasteiger partial charge in [0.05, 0.1) is 7.14 Å². The van der Waals surface area contributed by atoms with Crippen molar-refractivity contribution in [3.05, 3.63) is 99.1 Å². The Bertz CT molecular complexity index is 1260.